The molecule has 1 heterocycles. The van der Waals surface area contributed by atoms with Crippen LogP contribution >= 0.6 is 0 Å². The molecular weight excluding hydrogens is 417 g/mol. The van der Waals surface area contributed by atoms with Gasteiger partial charge < -0.3 is 5.32 Å². The van der Waals surface area contributed by atoms with Crippen LogP contribution in [-0.4, -0.2) is 27.0 Å². The van der Waals surface area contributed by atoms with Gasteiger partial charge in [0.05, 0.1) is 18.3 Å². The smallest absolute Gasteiger partial charge is 0.381 e. The van der Waals surface area contributed by atoms with Crippen LogP contribution in [0.4, 0.5) is 18.9 Å². The molecule has 0 spiro atoms. The van der Waals surface area contributed by atoms with Crippen molar-refractivity contribution in [1.82, 2.24) is 15.0 Å². The minimum atomic E-state index is -4.35. The number of anilines is 1. The molecule has 0 bridgehead atoms. The number of halogens is 3. The summed E-state index contributed by atoms with van der Waals surface area (Å²) < 4.78 is 39.8. The van der Waals surface area contributed by atoms with Crippen molar-refractivity contribution in [1.29, 1.82) is 0 Å². The Bertz CT molecular complexity index is 1130. The van der Waals surface area contributed by atoms with Gasteiger partial charge in [-0.2, -0.15) is 13.2 Å². The first-order valence-corrected chi connectivity index (χ1v) is 10.4. The maximum Gasteiger partial charge on any atom is 0.416 e. The van der Waals surface area contributed by atoms with Crippen molar-refractivity contribution in [2.75, 3.05) is 5.32 Å². The summed E-state index contributed by atoms with van der Waals surface area (Å²) in [4.78, 5) is 10.9. The Morgan fingerprint density at radius 1 is 1.25 bits per heavy atom. The summed E-state index contributed by atoms with van der Waals surface area (Å²) in [6, 6.07) is 13.0. The van der Waals surface area contributed by atoms with Gasteiger partial charge in [-0.1, -0.05) is 42.8 Å². The van der Waals surface area contributed by atoms with Crippen molar-refractivity contribution >= 4 is 11.6 Å². The highest BCUT2D eigenvalue weighted by Gasteiger charge is 2.37. The Morgan fingerprint density at radius 3 is 2.75 bits per heavy atom. The lowest BCUT2D eigenvalue weighted by Gasteiger charge is -2.28. The van der Waals surface area contributed by atoms with E-state index in [0.717, 1.165) is 42.6 Å². The molecule has 1 saturated carbocycles. The van der Waals surface area contributed by atoms with E-state index in [9.17, 15) is 18.0 Å². The van der Waals surface area contributed by atoms with Gasteiger partial charge in [-0.3, -0.25) is 0 Å². The van der Waals surface area contributed by atoms with Crippen molar-refractivity contribution in [2.24, 2.45) is 5.41 Å². The standard InChI is InChI=1S/C24H23F3N4O/c1-23(12-13-32)11-3-6-22(23)28-20-5-2-4-18(14-20)21-16-31(30-29-21)15-17-7-9-19(10-8-17)24(25,26)27/h2,4-5,7-10,12,14,16,22,28H,3,6,11,15H2,1H3. The second-order valence-corrected chi connectivity index (χ2v) is 8.43. The van der Waals surface area contributed by atoms with E-state index in [-0.39, 0.29) is 11.5 Å². The van der Waals surface area contributed by atoms with E-state index in [4.69, 9.17) is 0 Å². The summed E-state index contributed by atoms with van der Waals surface area (Å²) in [5.41, 5.74) is 2.28. The number of nitrogens with one attached hydrogen (secondary N) is 1. The maximum atomic E-state index is 12.7. The molecule has 2 aromatic carbocycles. The minimum Gasteiger partial charge on any atom is -0.381 e. The predicted octanol–water partition coefficient (Wildman–Crippen LogP) is 5.37. The second-order valence-electron chi connectivity index (χ2n) is 8.43. The van der Waals surface area contributed by atoms with Gasteiger partial charge in [0.2, 0.25) is 0 Å². The fraction of sp³-hybridized carbons (Fsp3) is 0.333. The van der Waals surface area contributed by atoms with Crippen molar-refractivity contribution in [3.63, 3.8) is 0 Å². The van der Waals surface area contributed by atoms with Gasteiger partial charge in [-0.05, 0) is 42.7 Å². The van der Waals surface area contributed by atoms with Crippen LogP contribution in [0.25, 0.3) is 11.3 Å². The van der Waals surface area contributed by atoms with E-state index < -0.39 is 11.7 Å². The molecule has 3 aromatic rings. The average Bonchev–Trinajstić information content (AvgIpc) is 3.35. The van der Waals surface area contributed by atoms with E-state index >= 15 is 0 Å². The zero-order valence-corrected chi connectivity index (χ0v) is 17.6. The number of alkyl halides is 3. The zero-order chi connectivity index (χ0) is 22.8. The summed E-state index contributed by atoms with van der Waals surface area (Å²) >= 11 is 0. The highest BCUT2D eigenvalue weighted by Crippen LogP contribution is 2.40. The molecular formula is C24H23F3N4O. The quantitative estimate of drug-likeness (QED) is 0.524. The lowest BCUT2D eigenvalue weighted by molar-refractivity contribution is -0.137. The van der Waals surface area contributed by atoms with Gasteiger partial charge in [0, 0.05) is 28.8 Å². The summed E-state index contributed by atoms with van der Waals surface area (Å²) in [6.45, 7) is 2.39. The normalized spacial score (nSPS) is 20.7. The number of benzene rings is 2. The van der Waals surface area contributed by atoms with E-state index in [2.05, 4.69) is 22.6 Å². The van der Waals surface area contributed by atoms with E-state index in [1.165, 1.54) is 12.1 Å². The molecule has 1 aliphatic carbocycles. The highest BCUT2D eigenvalue weighted by atomic mass is 19.4. The molecule has 4 rings (SSSR count). The minimum absolute atomic E-state index is 0.148. The fourth-order valence-corrected chi connectivity index (χ4v) is 4.20. The Hall–Kier alpha value is -3.38. The van der Waals surface area contributed by atoms with Crippen molar-refractivity contribution < 1.29 is 18.0 Å². The Labute approximate surface area is 184 Å². The predicted molar refractivity (Wildman–Crippen MR) is 116 cm³/mol. The summed E-state index contributed by atoms with van der Waals surface area (Å²) in [5.74, 6) is 1.94. The third-order valence-electron chi connectivity index (χ3n) is 6.06. The number of hydrogen-bond donors (Lipinski definition) is 1. The molecule has 0 aliphatic heterocycles. The van der Waals surface area contributed by atoms with E-state index in [1.807, 2.05) is 30.2 Å². The molecule has 1 aromatic heterocycles. The van der Waals surface area contributed by atoms with Crippen molar-refractivity contribution in [3.05, 3.63) is 71.9 Å². The number of rotatable bonds is 6. The lowest BCUT2D eigenvalue weighted by atomic mass is 9.85. The first-order chi connectivity index (χ1) is 15.3. The van der Waals surface area contributed by atoms with Gasteiger partial charge in [0.25, 0.3) is 0 Å². The average molecular weight is 440 g/mol. The molecule has 2 atom stereocenters. The molecule has 5 nitrogen and oxygen atoms in total. The third-order valence-corrected chi connectivity index (χ3v) is 6.06. The molecule has 32 heavy (non-hydrogen) atoms. The monoisotopic (exact) mass is 440 g/mol. The van der Waals surface area contributed by atoms with Crippen LogP contribution in [0, 0.1) is 5.41 Å². The van der Waals surface area contributed by atoms with Crippen LogP contribution < -0.4 is 5.32 Å². The molecule has 0 radical (unpaired) electrons. The second kappa shape index (κ2) is 8.63. The Balaban J connectivity index is 1.47. The van der Waals surface area contributed by atoms with Gasteiger partial charge in [-0.25, -0.2) is 9.48 Å². The topological polar surface area (TPSA) is 59.8 Å². The van der Waals surface area contributed by atoms with E-state index in [0.29, 0.717) is 17.8 Å². The molecule has 166 valence electrons. The third kappa shape index (κ3) is 4.75. The largest absolute Gasteiger partial charge is 0.416 e. The van der Waals surface area contributed by atoms with Gasteiger partial charge >= 0.3 is 6.18 Å². The molecule has 1 aliphatic rings. The fourth-order valence-electron chi connectivity index (χ4n) is 4.20. The summed E-state index contributed by atoms with van der Waals surface area (Å²) in [7, 11) is 0. The van der Waals surface area contributed by atoms with Crippen LogP contribution in [0.15, 0.2) is 60.8 Å². The Morgan fingerprint density at radius 2 is 2.03 bits per heavy atom. The molecule has 8 heteroatoms. The van der Waals surface area contributed by atoms with Crippen molar-refractivity contribution in [3.8, 4) is 11.3 Å². The van der Waals surface area contributed by atoms with Crippen LogP contribution in [0.3, 0.4) is 0 Å². The van der Waals surface area contributed by atoms with Crippen LogP contribution in [0.2, 0.25) is 0 Å². The number of hydrogen-bond acceptors (Lipinski definition) is 4. The van der Waals surface area contributed by atoms with E-state index in [1.54, 1.807) is 17.0 Å². The first kappa shape index (κ1) is 21.8. The maximum absolute atomic E-state index is 12.7. The first-order valence-electron chi connectivity index (χ1n) is 10.4. The van der Waals surface area contributed by atoms with Gasteiger partial charge in [0.1, 0.15) is 11.6 Å². The van der Waals surface area contributed by atoms with Gasteiger partial charge in [-0.15, -0.1) is 5.10 Å². The summed E-state index contributed by atoms with van der Waals surface area (Å²) in [6.07, 6.45) is 2.00. The highest BCUT2D eigenvalue weighted by molar-refractivity contribution is 5.64. The molecule has 0 saturated heterocycles. The van der Waals surface area contributed by atoms with Crippen LogP contribution in [0.1, 0.15) is 37.3 Å². The summed E-state index contributed by atoms with van der Waals surface area (Å²) in [5, 5.41) is 11.9. The number of nitrogens with zero attached hydrogens (tertiary/aromatic N) is 3. The molecule has 1 fully saturated rings. The number of aromatic nitrogens is 3. The van der Waals surface area contributed by atoms with Crippen molar-refractivity contribution in [2.45, 2.75) is 44.9 Å². The zero-order valence-electron chi connectivity index (χ0n) is 17.6. The molecule has 2 unspecified atom stereocenters. The molecule has 1 N–H and O–H groups in total. The molecule has 0 amide bonds. The lowest BCUT2D eigenvalue weighted by Crippen LogP contribution is -2.32. The van der Waals surface area contributed by atoms with Crippen LogP contribution in [-0.2, 0) is 17.5 Å². The van der Waals surface area contributed by atoms with Gasteiger partial charge in [0.15, 0.2) is 0 Å². The number of carbonyl (C=O) groups excluding carboxylic acids is 1. The Kier molecular flexibility index (Phi) is 5.89. The van der Waals surface area contributed by atoms with Crippen LogP contribution in [0.5, 0.6) is 0 Å². The SMILES string of the molecule is CC1(C=C=O)CCCC1Nc1cccc(-c2cn(Cc3ccc(C(F)(F)F)cc3)nn2)c1.